The number of urea groups is 1. The van der Waals surface area contributed by atoms with Crippen molar-refractivity contribution in [2.24, 2.45) is 0 Å². The molecule has 0 radical (unpaired) electrons. The minimum absolute atomic E-state index is 0.0215. The fourth-order valence-corrected chi connectivity index (χ4v) is 2.04. The smallest absolute Gasteiger partial charge is 0.321 e. The van der Waals surface area contributed by atoms with Gasteiger partial charge in [0.1, 0.15) is 0 Å². The summed E-state index contributed by atoms with van der Waals surface area (Å²) in [5.74, 6) is -0.272. The summed E-state index contributed by atoms with van der Waals surface area (Å²) in [6.07, 6.45) is 0. The minimum atomic E-state index is -0.430. The van der Waals surface area contributed by atoms with Crippen molar-refractivity contribution >= 4 is 11.9 Å². The first-order valence-corrected chi connectivity index (χ1v) is 7.19. The zero-order valence-electron chi connectivity index (χ0n) is 12.7. The second-order valence-electron chi connectivity index (χ2n) is 5.51. The molecule has 20 heavy (non-hydrogen) atoms. The SMILES string of the molecule is CC(C)NC(=O)NC(=O)CN(C)CCN1CCNCC1. The first-order valence-electron chi connectivity index (χ1n) is 7.19. The van der Waals surface area contributed by atoms with Gasteiger partial charge >= 0.3 is 6.03 Å². The summed E-state index contributed by atoms with van der Waals surface area (Å²) >= 11 is 0. The van der Waals surface area contributed by atoms with E-state index < -0.39 is 6.03 Å². The summed E-state index contributed by atoms with van der Waals surface area (Å²) in [6, 6.07) is -0.409. The van der Waals surface area contributed by atoms with Gasteiger partial charge in [0, 0.05) is 45.3 Å². The highest BCUT2D eigenvalue weighted by atomic mass is 16.2. The molecule has 1 saturated heterocycles. The molecule has 0 saturated carbocycles. The lowest BCUT2D eigenvalue weighted by Crippen LogP contribution is -2.48. The van der Waals surface area contributed by atoms with E-state index in [2.05, 4.69) is 20.9 Å². The number of imide groups is 1. The molecule has 0 aromatic heterocycles. The molecule has 0 atom stereocenters. The predicted molar refractivity (Wildman–Crippen MR) is 78.6 cm³/mol. The second kappa shape index (κ2) is 8.89. The van der Waals surface area contributed by atoms with Crippen LogP contribution < -0.4 is 16.0 Å². The summed E-state index contributed by atoms with van der Waals surface area (Å²) in [4.78, 5) is 27.3. The first-order chi connectivity index (χ1) is 9.47. The first kappa shape index (κ1) is 16.9. The lowest BCUT2D eigenvalue weighted by molar-refractivity contribution is -0.120. The van der Waals surface area contributed by atoms with E-state index in [0.717, 1.165) is 39.3 Å². The molecule has 116 valence electrons. The van der Waals surface area contributed by atoms with Gasteiger partial charge in [-0.05, 0) is 20.9 Å². The molecule has 0 aliphatic carbocycles. The van der Waals surface area contributed by atoms with E-state index >= 15 is 0 Å². The van der Waals surface area contributed by atoms with Gasteiger partial charge < -0.3 is 10.6 Å². The number of hydrogen-bond acceptors (Lipinski definition) is 5. The van der Waals surface area contributed by atoms with Crippen LogP contribution in [0.4, 0.5) is 4.79 Å². The normalized spacial score (nSPS) is 16.4. The van der Waals surface area contributed by atoms with Gasteiger partial charge in [-0.25, -0.2) is 4.79 Å². The van der Waals surface area contributed by atoms with Crippen molar-refractivity contribution in [1.29, 1.82) is 0 Å². The molecule has 7 heteroatoms. The molecule has 1 heterocycles. The molecule has 1 aliphatic rings. The number of rotatable bonds is 6. The summed E-state index contributed by atoms with van der Waals surface area (Å²) in [5.41, 5.74) is 0. The highest BCUT2D eigenvalue weighted by molar-refractivity contribution is 5.95. The zero-order valence-corrected chi connectivity index (χ0v) is 12.7. The van der Waals surface area contributed by atoms with Gasteiger partial charge in [-0.15, -0.1) is 0 Å². The zero-order chi connectivity index (χ0) is 15.0. The van der Waals surface area contributed by atoms with Crippen LogP contribution >= 0.6 is 0 Å². The van der Waals surface area contributed by atoms with Crippen LogP contribution in [0, 0.1) is 0 Å². The summed E-state index contributed by atoms with van der Waals surface area (Å²) in [6.45, 7) is 9.86. The molecule has 0 bridgehead atoms. The van der Waals surface area contributed by atoms with E-state index in [0.29, 0.717) is 0 Å². The number of hydrogen-bond donors (Lipinski definition) is 3. The maximum absolute atomic E-state index is 11.7. The molecular formula is C13H27N5O2. The Bertz CT molecular complexity index is 316. The molecule has 0 spiro atoms. The Morgan fingerprint density at radius 3 is 2.55 bits per heavy atom. The lowest BCUT2D eigenvalue weighted by Gasteiger charge is -2.28. The van der Waals surface area contributed by atoms with Crippen LogP contribution in [0.3, 0.4) is 0 Å². The van der Waals surface area contributed by atoms with E-state index in [1.807, 2.05) is 25.8 Å². The fraction of sp³-hybridized carbons (Fsp3) is 0.846. The van der Waals surface area contributed by atoms with E-state index in [1.165, 1.54) is 0 Å². The average molecular weight is 285 g/mol. The Kier molecular flexibility index (Phi) is 7.50. The third-order valence-corrected chi connectivity index (χ3v) is 3.09. The quantitative estimate of drug-likeness (QED) is 0.587. The highest BCUT2D eigenvalue weighted by Crippen LogP contribution is 1.93. The molecule has 3 N–H and O–H groups in total. The van der Waals surface area contributed by atoms with Crippen LogP contribution in [0.1, 0.15) is 13.8 Å². The van der Waals surface area contributed by atoms with E-state index in [9.17, 15) is 9.59 Å². The molecule has 1 fully saturated rings. The average Bonchev–Trinajstić information content (AvgIpc) is 2.36. The number of carbonyl (C=O) groups excluding carboxylic acids is 2. The highest BCUT2D eigenvalue weighted by Gasteiger charge is 2.13. The molecule has 1 aliphatic heterocycles. The maximum Gasteiger partial charge on any atom is 0.321 e. The van der Waals surface area contributed by atoms with Gasteiger partial charge in [0.2, 0.25) is 5.91 Å². The van der Waals surface area contributed by atoms with Gasteiger partial charge in [-0.3, -0.25) is 19.9 Å². The van der Waals surface area contributed by atoms with Crippen LogP contribution in [0.2, 0.25) is 0 Å². The molecule has 7 nitrogen and oxygen atoms in total. The topological polar surface area (TPSA) is 76.7 Å². The van der Waals surface area contributed by atoms with Crippen LogP contribution in [0.15, 0.2) is 0 Å². The summed E-state index contributed by atoms with van der Waals surface area (Å²) < 4.78 is 0. The van der Waals surface area contributed by atoms with Crippen LogP contribution in [0.5, 0.6) is 0 Å². The van der Waals surface area contributed by atoms with Crippen molar-refractivity contribution in [2.75, 3.05) is 52.9 Å². The third kappa shape index (κ3) is 7.42. The standard InChI is InChI=1S/C13H27N5O2/c1-11(2)15-13(20)16-12(19)10-17(3)8-9-18-6-4-14-5-7-18/h11,14H,4-10H2,1-3H3,(H2,15,16,19,20). The van der Waals surface area contributed by atoms with Crippen molar-refractivity contribution in [1.82, 2.24) is 25.8 Å². The summed E-state index contributed by atoms with van der Waals surface area (Å²) in [7, 11) is 1.89. The van der Waals surface area contributed by atoms with Gasteiger partial charge in [0.25, 0.3) is 0 Å². The van der Waals surface area contributed by atoms with Crippen molar-refractivity contribution < 1.29 is 9.59 Å². The molecule has 0 aromatic carbocycles. The molecule has 0 aromatic rings. The predicted octanol–water partition coefficient (Wildman–Crippen LogP) is -0.942. The lowest BCUT2D eigenvalue weighted by atomic mass is 10.3. The van der Waals surface area contributed by atoms with Crippen LogP contribution in [-0.2, 0) is 4.79 Å². The second-order valence-corrected chi connectivity index (χ2v) is 5.51. The number of nitrogens with one attached hydrogen (secondary N) is 3. The Morgan fingerprint density at radius 2 is 1.95 bits per heavy atom. The van der Waals surface area contributed by atoms with Crippen molar-refractivity contribution in [2.45, 2.75) is 19.9 Å². The molecule has 0 unspecified atom stereocenters. The van der Waals surface area contributed by atoms with Crippen LogP contribution in [0.25, 0.3) is 0 Å². The van der Waals surface area contributed by atoms with Crippen molar-refractivity contribution in [3.63, 3.8) is 0 Å². The van der Waals surface area contributed by atoms with E-state index in [4.69, 9.17) is 0 Å². The van der Waals surface area contributed by atoms with Crippen molar-refractivity contribution in [3.8, 4) is 0 Å². The van der Waals surface area contributed by atoms with Gasteiger partial charge in [-0.2, -0.15) is 0 Å². The Morgan fingerprint density at radius 1 is 1.30 bits per heavy atom. The number of nitrogens with zero attached hydrogens (tertiary/aromatic N) is 2. The van der Waals surface area contributed by atoms with E-state index in [-0.39, 0.29) is 18.5 Å². The number of carbonyl (C=O) groups is 2. The Hall–Kier alpha value is -1.18. The van der Waals surface area contributed by atoms with Crippen molar-refractivity contribution in [3.05, 3.63) is 0 Å². The minimum Gasteiger partial charge on any atom is -0.336 e. The largest absolute Gasteiger partial charge is 0.336 e. The van der Waals surface area contributed by atoms with Gasteiger partial charge in [-0.1, -0.05) is 0 Å². The fourth-order valence-electron chi connectivity index (χ4n) is 2.04. The Balaban J connectivity index is 2.15. The van der Waals surface area contributed by atoms with Gasteiger partial charge in [0.15, 0.2) is 0 Å². The summed E-state index contributed by atoms with van der Waals surface area (Å²) in [5, 5.41) is 8.26. The number of likely N-dealkylation sites (N-methyl/N-ethyl adjacent to an activating group) is 1. The number of amides is 3. The molecule has 1 rings (SSSR count). The number of piperazine rings is 1. The molecule has 3 amide bonds. The maximum atomic E-state index is 11.7. The van der Waals surface area contributed by atoms with E-state index in [1.54, 1.807) is 0 Å². The Labute approximate surface area is 121 Å². The van der Waals surface area contributed by atoms with Crippen LogP contribution in [-0.4, -0.2) is 80.6 Å². The third-order valence-electron chi connectivity index (χ3n) is 3.09. The molecular weight excluding hydrogens is 258 g/mol. The monoisotopic (exact) mass is 285 g/mol. The van der Waals surface area contributed by atoms with Gasteiger partial charge in [0.05, 0.1) is 6.54 Å².